The Bertz CT molecular complexity index is 504. The third-order valence-corrected chi connectivity index (χ3v) is 5.29. The average molecular weight is 277 g/mol. The minimum Gasteiger partial charge on any atom is -0.504 e. The van der Waals surface area contributed by atoms with E-state index in [0.29, 0.717) is 23.8 Å². The second kappa shape index (κ2) is 4.93. The van der Waals surface area contributed by atoms with E-state index in [9.17, 15) is 15.3 Å². The summed E-state index contributed by atoms with van der Waals surface area (Å²) in [5.41, 5.74) is 5.77. The standard InChI is InChI=1S/C16H23NO3/c17-15-7-10-3-1-2-4-11(10)9-16(15,20)12-5-6-13(18)14(19)8-12/h5-6,8,10-11,15,18-20H,1-4,7,9,17H2/t10-,11+,15+,16+/m1/s1. The van der Waals surface area contributed by atoms with Gasteiger partial charge in [0, 0.05) is 6.04 Å². The first kappa shape index (κ1) is 13.7. The molecule has 0 spiro atoms. The number of phenolic OH excluding ortho intramolecular Hbond substituents is 2. The molecule has 3 rings (SSSR count). The van der Waals surface area contributed by atoms with Crippen LogP contribution in [0.5, 0.6) is 11.5 Å². The summed E-state index contributed by atoms with van der Waals surface area (Å²) < 4.78 is 0. The molecule has 5 N–H and O–H groups in total. The maximum Gasteiger partial charge on any atom is 0.157 e. The number of nitrogens with two attached hydrogens (primary N) is 1. The third kappa shape index (κ3) is 2.17. The molecule has 0 amide bonds. The summed E-state index contributed by atoms with van der Waals surface area (Å²) in [6, 6.07) is 4.21. The molecule has 0 heterocycles. The van der Waals surface area contributed by atoms with Gasteiger partial charge in [0.25, 0.3) is 0 Å². The van der Waals surface area contributed by atoms with E-state index in [4.69, 9.17) is 5.73 Å². The molecule has 2 saturated carbocycles. The van der Waals surface area contributed by atoms with Crippen molar-refractivity contribution in [2.75, 3.05) is 0 Å². The Labute approximate surface area is 119 Å². The molecular formula is C16H23NO3. The molecule has 0 bridgehead atoms. The van der Waals surface area contributed by atoms with Gasteiger partial charge in [-0.1, -0.05) is 31.7 Å². The van der Waals surface area contributed by atoms with Crippen molar-refractivity contribution in [2.45, 2.75) is 50.2 Å². The fraction of sp³-hybridized carbons (Fsp3) is 0.625. The van der Waals surface area contributed by atoms with Crippen LogP contribution in [0.1, 0.15) is 44.1 Å². The van der Waals surface area contributed by atoms with Crippen molar-refractivity contribution < 1.29 is 15.3 Å². The monoisotopic (exact) mass is 277 g/mol. The molecule has 0 unspecified atom stereocenters. The number of phenols is 2. The lowest BCUT2D eigenvalue weighted by Gasteiger charge is -2.48. The zero-order valence-corrected chi connectivity index (χ0v) is 11.6. The number of benzene rings is 1. The predicted octanol–water partition coefficient (Wildman–Crippen LogP) is 2.21. The Balaban J connectivity index is 1.91. The number of fused-ring (bicyclic) bond motifs is 1. The maximum absolute atomic E-state index is 11.0. The summed E-state index contributed by atoms with van der Waals surface area (Å²) in [7, 11) is 0. The number of aliphatic hydroxyl groups is 1. The van der Waals surface area contributed by atoms with Gasteiger partial charge in [-0.2, -0.15) is 0 Å². The van der Waals surface area contributed by atoms with Crippen molar-refractivity contribution >= 4 is 0 Å². The Morgan fingerprint density at radius 1 is 1.05 bits per heavy atom. The van der Waals surface area contributed by atoms with Gasteiger partial charge in [0.05, 0.1) is 0 Å². The minimum atomic E-state index is -1.09. The van der Waals surface area contributed by atoms with Crippen LogP contribution in [0.4, 0.5) is 0 Å². The van der Waals surface area contributed by atoms with Crippen LogP contribution >= 0.6 is 0 Å². The van der Waals surface area contributed by atoms with Crippen LogP contribution in [0.3, 0.4) is 0 Å². The topological polar surface area (TPSA) is 86.7 Å². The Morgan fingerprint density at radius 2 is 1.75 bits per heavy atom. The highest BCUT2D eigenvalue weighted by Gasteiger charge is 2.46. The summed E-state index contributed by atoms with van der Waals surface area (Å²) >= 11 is 0. The van der Waals surface area contributed by atoms with Crippen LogP contribution in [0.15, 0.2) is 18.2 Å². The van der Waals surface area contributed by atoms with Gasteiger partial charge in [-0.25, -0.2) is 0 Å². The molecule has 1 aromatic carbocycles. The van der Waals surface area contributed by atoms with E-state index in [0.717, 1.165) is 12.8 Å². The van der Waals surface area contributed by atoms with Crippen molar-refractivity contribution in [3.63, 3.8) is 0 Å². The molecule has 2 aliphatic carbocycles. The van der Waals surface area contributed by atoms with Gasteiger partial charge in [0.15, 0.2) is 11.5 Å². The van der Waals surface area contributed by atoms with Gasteiger partial charge >= 0.3 is 0 Å². The zero-order valence-electron chi connectivity index (χ0n) is 11.6. The van der Waals surface area contributed by atoms with Crippen molar-refractivity contribution in [1.82, 2.24) is 0 Å². The second-order valence-electron chi connectivity index (χ2n) is 6.48. The summed E-state index contributed by atoms with van der Waals surface area (Å²) in [6.45, 7) is 0. The van der Waals surface area contributed by atoms with Crippen LogP contribution in [-0.2, 0) is 5.60 Å². The molecule has 110 valence electrons. The quantitative estimate of drug-likeness (QED) is 0.593. The van der Waals surface area contributed by atoms with E-state index in [-0.39, 0.29) is 17.5 Å². The van der Waals surface area contributed by atoms with Crippen LogP contribution < -0.4 is 5.73 Å². The predicted molar refractivity (Wildman–Crippen MR) is 76.3 cm³/mol. The van der Waals surface area contributed by atoms with Crippen LogP contribution in [0, 0.1) is 11.8 Å². The Morgan fingerprint density at radius 3 is 2.45 bits per heavy atom. The molecule has 1 aromatic rings. The van der Waals surface area contributed by atoms with Gasteiger partial charge in [-0.05, 0) is 42.4 Å². The first-order valence-corrected chi connectivity index (χ1v) is 7.51. The molecule has 4 nitrogen and oxygen atoms in total. The number of rotatable bonds is 1. The van der Waals surface area contributed by atoms with Crippen LogP contribution in [0.2, 0.25) is 0 Å². The SMILES string of the molecule is N[C@H]1C[C@H]2CCCC[C@H]2C[C@]1(O)c1ccc(O)c(O)c1. The van der Waals surface area contributed by atoms with Crippen molar-refractivity contribution in [3.05, 3.63) is 23.8 Å². The summed E-state index contributed by atoms with van der Waals surface area (Å²) in [6.07, 6.45) is 6.37. The van der Waals surface area contributed by atoms with Gasteiger partial charge in [0.1, 0.15) is 5.60 Å². The highest BCUT2D eigenvalue weighted by Crippen LogP contribution is 2.48. The van der Waals surface area contributed by atoms with Crippen molar-refractivity contribution in [1.29, 1.82) is 0 Å². The first-order valence-electron chi connectivity index (χ1n) is 7.51. The van der Waals surface area contributed by atoms with E-state index in [1.165, 1.54) is 31.4 Å². The highest BCUT2D eigenvalue weighted by molar-refractivity contribution is 5.43. The summed E-state index contributed by atoms with van der Waals surface area (Å²) in [5.74, 6) is 0.778. The molecule has 2 fully saturated rings. The lowest BCUT2D eigenvalue weighted by molar-refractivity contribution is -0.0667. The second-order valence-corrected chi connectivity index (χ2v) is 6.48. The smallest absolute Gasteiger partial charge is 0.157 e. The molecule has 20 heavy (non-hydrogen) atoms. The normalized spacial score (nSPS) is 37.4. The number of hydrogen-bond donors (Lipinski definition) is 4. The third-order valence-electron chi connectivity index (χ3n) is 5.29. The number of hydrogen-bond acceptors (Lipinski definition) is 4. The van der Waals surface area contributed by atoms with E-state index < -0.39 is 5.60 Å². The van der Waals surface area contributed by atoms with Crippen molar-refractivity contribution in [2.24, 2.45) is 17.6 Å². The van der Waals surface area contributed by atoms with E-state index in [1.807, 2.05) is 0 Å². The molecule has 0 aliphatic heterocycles. The lowest BCUT2D eigenvalue weighted by Crippen LogP contribution is -2.53. The van der Waals surface area contributed by atoms with E-state index in [1.54, 1.807) is 6.07 Å². The van der Waals surface area contributed by atoms with Gasteiger partial charge < -0.3 is 21.1 Å². The first-order chi connectivity index (χ1) is 9.50. The molecule has 2 aliphatic rings. The summed E-state index contributed by atoms with van der Waals surface area (Å²) in [4.78, 5) is 0. The molecule has 0 radical (unpaired) electrons. The largest absolute Gasteiger partial charge is 0.504 e. The van der Waals surface area contributed by atoms with Gasteiger partial charge in [-0.3, -0.25) is 0 Å². The van der Waals surface area contributed by atoms with Gasteiger partial charge in [-0.15, -0.1) is 0 Å². The lowest BCUT2D eigenvalue weighted by atomic mass is 9.62. The summed E-state index contributed by atoms with van der Waals surface area (Å²) in [5, 5.41) is 30.1. The molecule has 4 atom stereocenters. The Kier molecular flexibility index (Phi) is 3.38. The van der Waals surface area contributed by atoms with E-state index in [2.05, 4.69) is 0 Å². The fourth-order valence-corrected chi connectivity index (χ4v) is 4.06. The molecule has 4 heteroatoms. The Hall–Kier alpha value is -1.26. The molecule has 0 saturated heterocycles. The molecular weight excluding hydrogens is 254 g/mol. The van der Waals surface area contributed by atoms with Gasteiger partial charge in [0.2, 0.25) is 0 Å². The minimum absolute atomic E-state index is 0.169. The number of aromatic hydroxyl groups is 2. The van der Waals surface area contributed by atoms with Crippen molar-refractivity contribution in [3.8, 4) is 11.5 Å². The maximum atomic E-state index is 11.0. The zero-order chi connectivity index (χ0) is 14.3. The molecule has 0 aromatic heterocycles. The fourth-order valence-electron chi connectivity index (χ4n) is 4.06. The van der Waals surface area contributed by atoms with Crippen LogP contribution in [-0.4, -0.2) is 21.4 Å². The van der Waals surface area contributed by atoms with E-state index >= 15 is 0 Å². The highest BCUT2D eigenvalue weighted by atomic mass is 16.3. The van der Waals surface area contributed by atoms with Crippen LogP contribution in [0.25, 0.3) is 0 Å². The average Bonchev–Trinajstić information content (AvgIpc) is 2.43.